The third-order valence-corrected chi connectivity index (χ3v) is 3.01. The van der Waals surface area contributed by atoms with Gasteiger partial charge in [0.05, 0.1) is 18.4 Å². The monoisotopic (exact) mass is 275 g/mol. The van der Waals surface area contributed by atoms with Crippen molar-refractivity contribution in [3.63, 3.8) is 0 Å². The lowest BCUT2D eigenvalue weighted by molar-refractivity contribution is 0.0601. The number of rotatable bonds is 5. The molecule has 0 unspecified atom stereocenters. The van der Waals surface area contributed by atoms with Crippen LogP contribution >= 0.6 is 0 Å². The van der Waals surface area contributed by atoms with Crippen LogP contribution in [0.15, 0.2) is 29.3 Å². The summed E-state index contributed by atoms with van der Waals surface area (Å²) >= 11 is 0. The van der Waals surface area contributed by atoms with Crippen LogP contribution in [0.3, 0.4) is 0 Å². The van der Waals surface area contributed by atoms with Crippen molar-refractivity contribution in [1.82, 2.24) is 0 Å². The molecular formula is C17H25NO2. The second-order valence-electron chi connectivity index (χ2n) is 6.43. The number of methoxy groups -OCH3 is 1. The van der Waals surface area contributed by atoms with Gasteiger partial charge in [-0.15, -0.1) is 0 Å². The molecule has 0 aliphatic carbocycles. The lowest BCUT2D eigenvalue weighted by atomic mass is 9.84. The fourth-order valence-electron chi connectivity index (χ4n) is 2.33. The van der Waals surface area contributed by atoms with E-state index in [1.807, 2.05) is 24.4 Å². The Morgan fingerprint density at radius 2 is 2.00 bits per heavy atom. The van der Waals surface area contributed by atoms with Gasteiger partial charge in [0.25, 0.3) is 0 Å². The Morgan fingerprint density at radius 3 is 2.60 bits per heavy atom. The predicted octanol–water partition coefficient (Wildman–Crippen LogP) is 4.64. The van der Waals surface area contributed by atoms with Gasteiger partial charge in [0.1, 0.15) is 0 Å². The van der Waals surface area contributed by atoms with Crippen LogP contribution in [0.5, 0.6) is 0 Å². The minimum Gasteiger partial charge on any atom is -0.465 e. The third-order valence-electron chi connectivity index (χ3n) is 3.01. The Balaban J connectivity index is 2.69. The standard InChI is InChI=1S/C17H25NO2/c1-13(12-17(2,3)4)10-11-18-15-9-7-6-8-14(15)16(19)20-5/h6-9,11,13H,10,12H2,1-5H3/t13-/m0/s1. The van der Waals surface area contributed by atoms with Crippen molar-refractivity contribution in [3.05, 3.63) is 29.8 Å². The highest BCUT2D eigenvalue weighted by atomic mass is 16.5. The van der Waals surface area contributed by atoms with E-state index in [1.165, 1.54) is 7.11 Å². The van der Waals surface area contributed by atoms with Gasteiger partial charge in [0.15, 0.2) is 0 Å². The molecule has 0 aromatic heterocycles. The van der Waals surface area contributed by atoms with E-state index >= 15 is 0 Å². The van der Waals surface area contributed by atoms with Gasteiger partial charge >= 0.3 is 5.97 Å². The molecule has 0 radical (unpaired) electrons. The number of carbonyl (C=O) groups is 1. The molecule has 0 amide bonds. The largest absolute Gasteiger partial charge is 0.465 e. The minimum absolute atomic E-state index is 0.331. The molecule has 0 heterocycles. The van der Waals surface area contributed by atoms with Crippen LogP contribution in [-0.2, 0) is 4.74 Å². The van der Waals surface area contributed by atoms with Gasteiger partial charge in [-0.05, 0) is 36.3 Å². The van der Waals surface area contributed by atoms with E-state index in [9.17, 15) is 4.79 Å². The van der Waals surface area contributed by atoms with E-state index in [0.29, 0.717) is 22.6 Å². The summed E-state index contributed by atoms with van der Waals surface area (Å²) in [5, 5.41) is 0. The summed E-state index contributed by atoms with van der Waals surface area (Å²) < 4.78 is 4.76. The number of para-hydroxylation sites is 1. The van der Waals surface area contributed by atoms with Gasteiger partial charge in [0.2, 0.25) is 0 Å². The fraction of sp³-hybridized carbons (Fsp3) is 0.529. The predicted molar refractivity (Wildman–Crippen MR) is 83.8 cm³/mol. The number of carbonyl (C=O) groups excluding carboxylic acids is 1. The van der Waals surface area contributed by atoms with Crippen LogP contribution in [0, 0.1) is 11.3 Å². The van der Waals surface area contributed by atoms with Gasteiger partial charge in [-0.25, -0.2) is 4.79 Å². The molecule has 1 atom stereocenters. The molecule has 0 bridgehead atoms. The van der Waals surface area contributed by atoms with Crippen molar-refractivity contribution in [2.75, 3.05) is 7.11 Å². The number of hydrogen-bond donors (Lipinski definition) is 0. The van der Waals surface area contributed by atoms with Gasteiger partial charge in [0, 0.05) is 6.21 Å². The highest BCUT2D eigenvalue weighted by molar-refractivity contribution is 5.95. The van der Waals surface area contributed by atoms with Crippen LogP contribution in [0.2, 0.25) is 0 Å². The Bertz CT molecular complexity index is 472. The minimum atomic E-state index is -0.347. The molecule has 0 aliphatic heterocycles. The molecule has 3 nitrogen and oxygen atoms in total. The first-order valence-electron chi connectivity index (χ1n) is 7.03. The van der Waals surface area contributed by atoms with Crippen LogP contribution in [0.25, 0.3) is 0 Å². The molecule has 110 valence electrons. The van der Waals surface area contributed by atoms with Crippen LogP contribution in [-0.4, -0.2) is 19.3 Å². The number of benzene rings is 1. The summed E-state index contributed by atoms with van der Waals surface area (Å²) in [4.78, 5) is 16.0. The summed E-state index contributed by atoms with van der Waals surface area (Å²) in [7, 11) is 1.38. The summed E-state index contributed by atoms with van der Waals surface area (Å²) in [6, 6.07) is 7.25. The maximum Gasteiger partial charge on any atom is 0.340 e. The molecule has 1 rings (SSSR count). The zero-order valence-corrected chi connectivity index (χ0v) is 13.1. The van der Waals surface area contributed by atoms with Crippen molar-refractivity contribution < 1.29 is 9.53 Å². The first-order chi connectivity index (χ1) is 9.33. The summed E-state index contributed by atoms with van der Waals surface area (Å²) in [6.45, 7) is 8.96. The average Bonchev–Trinajstić information content (AvgIpc) is 2.36. The number of hydrogen-bond acceptors (Lipinski definition) is 3. The molecule has 0 saturated carbocycles. The van der Waals surface area contributed by atoms with Crippen molar-refractivity contribution in [1.29, 1.82) is 0 Å². The zero-order chi connectivity index (χ0) is 15.2. The van der Waals surface area contributed by atoms with E-state index in [-0.39, 0.29) is 5.97 Å². The molecule has 0 fully saturated rings. The number of esters is 1. The molecule has 1 aromatic carbocycles. The van der Waals surface area contributed by atoms with Crippen molar-refractivity contribution in [2.45, 2.75) is 40.5 Å². The SMILES string of the molecule is COC(=O)c1ccccc1N=CC[C@H](C)CC(C)(C)C. The fourth-order valence-corrected chi connectivity index (χ4v) is 2.33. The normalized spacial score (nSPS) is 13.4. The molecule has 0 saturated heterocycles. The second kappa shape index (κ2) is 7.22. The van der Waals surface area contributed by atoms with Gasteiger partial charge in [-0.2, -0.15) is 0 Å². The zero-order valence-electron chi connectivity index (χ0n) is 13.1. The Morgan fingerprint density at radius 1 is 1.35 bits per heavy atom. The molecule has 0 aliphatic rings. The van der Waals surface area contributed by atoms with E-state index in [0.717, 1.165) is 12.8 Å². The Kier molecular flexibility index (Phi) is 5.93. The number of aliphatic imine (C=N–C) groups is 1. The van der Waals surface area contributed by atoms with Gasteiger partial charge in [-0.1, -0.05) is 39.8 Å². The van der Waals surface area contributed by atoms with E-state index < -0.39 is 0 Å². The summed E-state index contributed by atoms with van der Waals surface area (Å²) in [5.74, 6) is 0.226. The van der Waals surface area contributed by atoms with Crippen LogP contribution in [0.1, 0.15) is 50.9 Å². The quantitative estimate of drug-likeness (QED) is 0.580. The molecule has 0 spiro atoms. The second-order valence-corrected chi connectivity index (χ2v) is 6.43. The lowest BCUT2D eigenvalue weighted by Crippen LogP contribution is -2.11. The molecule has 20 heavy (non-hydrogen) atoms. The summed E-state index contributed by atoms with van der Waals surface area (Å²) in [5.41, 5.74) is 1.51. The number of nitrogens with zero attached hydrogens (tertiary/aromatic N) is 1. The molecule has 0 N–H and O–H groups in total. The molecule has 3 heteroatoms. The maximum atomic E-state index is 11.6. The van der Waals surface area contributed by atoms with E-state index in [1.54, 1.807) is 6.07 Å². The van der Waals surface area contributed by atoms with E-state index in [2.05, 4.69) is 32.7 Å². The first-order valence-corrected chi connectivity index (χ1v) is 7.03. The lowest BCUT2D eigenvalue weighted by Gasteiger charge is -2.22. The average molecular weight is 275 g/mol. The topological polar surface area (TPSA) is 38.7 Å². The van der Waals surface area contributed by atoms with Crippen LogP contribution in [0.4, 0.5) is 5.69 Å². The molecular weight excluding hydrogens is 250 g/mol. The smallest absolute Gasteiger partial charge is 0.340 e. The van der Waals surface area contributed by atoms with Crippen molar-refractivity contribution in [2.24, 2.45) is 16.3 Å². The Hall–Kier alpha value is -1.64. The van der Waals surface area contributed by atoms with Crippen molar-refractivity contribution in [3.8, 4) is 0 Å². The Labute approximate surface area is 122 Å². The highest BCUT2D eigenvalue weighted by Crippen LogP contribution is 2.26. The third kappa shape index (κ3) is 5.55. The number of ether oxygens (including phenoxy) is 1. The van der Waals surface area contributed by atoms with Gasteiger partial charge in [-0.3, -0.25) is 4.99 Å². The molecule has 1 aromatic rings. The highest BCUT2D eigenvalue weighted by Gasteiger charge is 2.14. The maximum absolute atomic E-state index is 11.6. The van der Waals surface area contributed by atoms with Gasteiger partial charge < -0.3 is 4.74 Å². The first kappa shape index (κ1) is 16.4. The van der Waals surface area contributed by atoms with Crippen molar-refractivity contribution >= 4 is 17.9 Å². The van der Waals surface area contributed by atoms with E-state index in [4.69, 9.17) is 4.74 Å². The van der Waals surface area contributed by atoms with Crippen LogP contribution < -0.4 is 0 Å². The summed E-state index contributed by atoms with van der Waals surface area (Å²) in [6.07, 6.45) is 3.96.